The Morgan fingerprint density at radius 2 is 1.74 bits per heavy atom. The number of hydrogen-bond acceptors (Lipinski definition) is 4. The maximum atomic E-state index is 13.2. The Labute approximate surface area is 163 Å². The number of nitrogens with zero attached hydrogens (tertiary/aromatic N) is 1. The van der Waals surface area contributed by atoms with Crippen LogP contribution in [-0.2, 0) is 20.1 Å². The van der Waals surface area contributed by atoms with E-state index in [2.05, 4.69) is 0 Å². The van der Waals surface area contributed by atoms with Crippen molar-refractivity contribution in [3.63, 3.8) is 0 Å². The smallest absolute Gasteiger partial charge is 0.292 e. The quantitative estimate of drug-likeness (QED) is 0.728. The number of ether oxygens (including phenoxy) is 3. The summed E-state index contributed by atoms with van der Waals surface area (Å²) < 4.78 is 17.4. The van der Waals surface area contributed by atoms with Crippen molar-refractivity contribution >= 4 is 23.2 Å². The number of aryl methyl sites for hydroxylation is 2. The molecule has 5 nitrogen and oxygen atoms in total. The molecule has 0 unspecified atom stereocenters. The molecule has 2 aliphatic heterocycles. The highest BCUT2D eigenvalue weighted by Crippen LogP contribution is 2.48. The number of carbonyl (C=O) groups is 1. The van der Waals surface area contributed by atoms with Crippen LogP contribution < -0.4 is 9.64 Å². The highest BCUT2D eigenvalue weighted by molar-refractivity contribution is 6.30. The second-order valence-electron chi connectivity index (χ2n) is 6.85. The van der Waals surface area contributed by atoms with Crippen molar-refractivity contribution in [1.29, 1.82) is 0 Å². The number of rotatable bonds is 5. The minimum Gasteiger partial charge on any atom is -0.494 e. The molecule has 1 fully saturated rings. The van der Waals surface area contributed by atoms with Gasteiger partial charge in [-0.1, -0.05) is 23.7 Å². The van der Waals surface area contributed by atoms with Gasteiger partial charge < -0.3 is 19.1 Å². The van der Waals surface area contributed by atoms with Crippen molar-refractivity contribution in [2.75, 3.05) is 31.3 Å². The van der Waals surface area contributed by atoms with Gasteiger partial charge in [-0.3, -0.25) is 4.79 Å². The molecule has 1 saturated heterocycles. The number of benzene rings is 2. The van der Waals surface area contributed by atoms with Crippen LogP contribution in [0.15, 0.2) is 36.4 Å². The van der Waals surface area contributed by atoms with Crippen molar-refractivity contribution in [2.45, 2.75) is 26.1 Å². The number of halogens is 1. The van der Waals surface area contributed by atoms with Crippen LogP contribution in [0.5, 0.6) is 5.75 Å². The van der Waals surface area contributed by atoms with E-state index < -0.39 is 5.79 Å². The maximum absolute atomic E-state index is 13.2. The van der Waals surface area contributed by atoms with Gasteiger partial charge in [-0.2, -0.15) is 0 Å². The third-order valence-electron chi connectivity index (χ3n) is 5.02. The lowest BCUT2D eigenvalue weighted by molar-refractivity contribution is -0.180. The first kappa shape index (κ1) is 18.3. The number of carbonyl (C=O) groups excluding carboxylic acids is 1. The first-order chi connectivity index (χ1) is 13.0. The van der Waals surface area contributed by atoms with Gasteiger partial charge >= 0.3 is 0 Å². The Morgan fingerprint density at radius 1 is 1.07 bits per heavy atom. The van der Waals surface area contributed by atoms with Crippen molar-refractivity contribution in [1.82, 2.24) is 0 Å². The third-order valence-corrected chi connectivity index (χ3v) is 5.27. The Morgan fingerprint density at radius 3 is 2.44 bits per heavy atom. The molecule has 1 spiro atoms. The van der Waals surface area contributed by atoms with Crippen LogP contribution in [0.2, 0.25) is 5.02 Å². The molecule has 4 rings (SSSR count). The van der Waals surface area contributed by atoms with E-state index >= 15 is 0 Å². The van der Waals surface area contributed by atoms with E-state index in [1.807, 2.05) is 38.1 Å². The number of amides is 1. The minimum absolute atomic E-state index is 0.140. The molecule has 1 amide bonds. The lowest BCUT2D eigenvalue weighted by Crippen LogP contribution is -2.42. The summed E-state index contributed by atoms with van der Waals surface area (Å²) in [4.78, 5) is 15.0. The maximum Gasteiger partial charge on any atom is 0.292 e. The first-order valence-electron chi connectivity index (χ1n) is 9.12. The van der Waals surface area contributed by atoms with Crippen LogP contribution >= 0.6 is 11.6 Å². The van der Waals surface area contributed by atoms with Crippen LogP contribution in [0.3, 0.4) is 0 Å². The normalized spacial score (nSPS) is 17.6. The van der Waals surface area contributed by atoms with Gasteiger partial charge in [0.15, 0.2) is 0 Å². The minimum atomic E-state index is -1.28. The Hall–Kier alpha value is -2.08. The largest absolute Gasteiger partial charge is 0.494 e. The van der Waals surface area contributed by atoms with E-state index in [1.165, 1.54) is 0 Å². The molecule has 0 radical (unpaired) electrons. The van der Waals surface area contributed by atoms with Crippen LogP contribution in [0.25, 0.3) is 0 Å². The highest BCUT2D eigenvalue weighted by Gasteiger charge is 2.57. The van der Waals surface area contributed by atoms with E-state index in [0.29, 0.717) is 37.8 Å². The fourth-order valence-electron chi connectivity index (χ4n) is 3.78. The molecule has 0 aromatic heterocycles. The summed E-state index contributed by atoms with van der Waals surface area (Å²) >= 11 is 5.89. The highest BCUT2D eigenvalue weighted by atomic mass is 35.5. The van der Waals surface area contributed by atoms with Gasteiger partial charge in [0.1, 0.15) is 5.75 Å². The van der Waals surface area contributed by atoms with Crippen LogP contribution in [0.1, 0.15) is 23.1 Å². The first-order valence-corrected chi connectivity index (χ1v) is 9.49. The number of anilines is 1. The summed E-state index contributed by atoms with van der Waals surface area (Å²) in [5.41, 5.74) is 3.81. The van der Waals surface area contributed by atoms with E-state index in [9.17, 15) is 4.79 Å². The molecule has 2 aromatic rings. The Balaban J connectivity index is 1.51. The van der Waals surface area contributed by atoms with Gasteiger partial charge in [-0.25, -0.2) is 0 Å². The van der Waals surface area contributed by atoms with Crippen molar-refractivity contribution in [2.24, 2.45) is 0 Å². The zero-order valence-electron chi connectivity index (χ0n) is 15.5. The molecular weight excluding hydrogens is 366 g/mol. The van der Waals surface area contributed by atoms with E-state index in [4.69, 9.17) is 25.8 Å². The van der Waals surface area contributed by atoms with Crippen LogP contribution in [0, 0.1) is 13.8 Å². The van der Waals surface area contributed by atoms with Gasteiger partial charge in [-0.05, 0) is 55.7 Å². The average molecular weight is 388 g/mol. The van der Waals surface area contributed by atoms with Crippen molar-refractivity contribution in [3.8, 4) is 5.75 Å². The van der Waals surface area contributed by atoms with E-state index in [-0.39, 0.29) is 5.91 Å². The molecule has 2 aromatic carbocycles. The Kier molecular flexibility index (Phi) is 4.84. The van der Waals surface area contributed by atoms with Gasteiger partial charge in [0.05, 0.1) is 25.5 Å². The molecule has 0 saturated carbocycles. The lowest BCUT2D eigenvalue weighted by Gasteiger charge is -2.22. The van der Waals surface area contributed by atoms with Crippen molar-refractivity contribution < 1.29 is 19.0 Å². The molecule has 27 heavy (non-hydrogen) atoms. The standard InChI is InChI=1S/C21H22ClNO4/c1-14-4-5-15(2)19-18(14)21(26-12-13-27-21)20(24)23(19)10-3-11-25-17-8-6-16(22)7-9-17/h4-9H,3,10-13H2,1-2H3. The summed E-state index contributed by atoms with van der Waals surface area (Å²) in [5.74, 6) is -0.653. The van der Waals surface area contributed by atoms with Gasteiger partial charge in [0.25, 0.3) is 11.7 Å². The van der Waals surface area contributed by atoms with Crippen molar-refractivity contribution in [3.05, 3.63) is 58.1 Å². The summed E-state index contributed by atoms with van der Waals surface area (Å²) in [6, 6.07) is 11.3. The number of fused-ring (bicyclic) bond motifs is 2. The number of hydrogen-bond donors (Lipinski definition) is 0. The fourth-order valence-corrected chi connectivity index (χ4v) is 3.91. The second kappa shape index (κ2) is 7.15. The van der Waals surface area contributed by atoms with Crippen LogP contribution in [0.4, 0.5) is 5.69 Å². The molecular formula is C21H22ClNO4. The Bertz CT molecular complexity index is 859. The topological polar surface area (TPSA) is 48.0 Å². The average Bonchev–Trinajstić information content (AvgIpc) is 3.24. The third kappa shape index (κ3) is 3.10. The SMILES string of the molecule is Cc1ccc(C)c2c1N(CCCOc1ccc(Cl)cc1)C(=O)C21OCCO1. The second-order valence-corrected chi connectivity index (χ2v) is 7.29. The zero-order valence-corrected chi connectivity index (χ0v) is 16.2. The van der Waals surface area contributed by atoms with E-state index in [1.54, 1.807) is 17.0 Å². The molecule has 0 N–H and O–H groups in total. The van der Waals surface area contributed by atoms with Crippen LogP contribution in [-0.4, -0.2) is 32.3 Å². The fraction of sp³-hybridized carbons (Fsp3) is 0.381. The monoisotopic (exact) mass is 387 g/mol. The molecule has 0 bridgehead atoms. The van der Waals surface area contributed by atoms with E-state index in [0.717, 1.165) is 28.1 Å². The zero-order chi connectivity index (χ0) is 19.0. The van der Waals surface area contributed by atoms with Gasteiger partial charge in [-0.15, -0.1) is 0 Å². The summed E-state index contributed by atoms with van der Waals surface area (Å²) in [5, 5.41) is 0.675. The predicted octanol–water partition coefficient (Wildman–Crippen LogP) is 3.97. The van der Waals surface area contributed by atoms with Gasteiger partial charge in [0.2, 0.25) is 0 Å². The predicted molar refractivity (Wildman–Crippen MR) is 103 cm³/mol. The summed E-state index contributed by atoms with van der Waals surface area (Å²) in [6.45, 7) is 5.89. The molecule has 6 heteroatoms. The molecule has 2 heterocycles. The summed E-state index contributed by atoms with van der Waals surface area (Å²) in [7, 11) is 0. The lowest BCUT2D eigenvalue weighted by atomic mass is 9.98. The summed E-state index contributed by atoms with van der Waals surface area (Å²) in [6.07, 6.45) is 0.692. The molecule has 0 aliphatic carbocycles. The molecule has 2 aliphatic rings. The van der Waals surface area contributed by atoms with Gasteiger partial charge in [0, 0.05) is 17.1 Å². The molecule has 142 valence electrons. The molecule has 0 atom stereocenters.